The van der Waals surface area contributed by atoms with Crippen LogP contribution < -0.4 is 10.3 Å². The number of fused-ring (bicyclic) bond motifs is 4. The minimum absolute atomic E-state index is 0.0751. The van der Waals surface area contributed by atoms with Gasteiger partial charge in [-0.2, -0.15) is 5.01 Å². The van der Waals surface area contributed by atoms with Crippen LogP contribution in [0, 0.1) is 43.3 Å². The standard InChI is InChI=1S/C47H37ClFN3O6/c1-25-22-29(23-26(2)41(25)53)40-35-20-21-36-39(45(57)51(43(36)55)34-18-8-28(9-19-34)42(54)27-6-4-3-5-7-27)37(35)24-38-44(56)52(50-33-16-14-32(49)15-17-33)46(58)47(38,40)30-10-12-31(48)13-11-30/h3-20,22-23,36-40,50,53H,21,24H2,1-2H3/t36-,37+,38-,39-,40-,47+/m0/s1. The molecular weight excluding hydrogens is 757 g/mol. The maximum atomic E-state index is 15.4. The first kappa shape index (κ1) is 37.2. The molecule has 1 saturated carbocycles. The molecular formula is C47H37ClFN3O6. The van der Waals surface area contributed by atoms with Crippen molar-refractivity contribution in [2.75, 3.05) is 10.3 Å². The first-order valence-electron chi connectivity index (χ1n) is 19.1. The van der Waals surface area contributed by atoms with Crippen LogP contribution in [0.4, 0.5) is 15.8 Å². The number of benzene rings is 5. The van der Waals surface area contributed by atoms with Gasteiger partial charge in [-0.3, -0.25) is 34.3 Å². The summed E-state index contributed by atoms with van der Waals surface area (Å²) < 4.78 is 13.9. The predicted octanol–water partition coefficient (Wildman–Crippen LogP) is 8.22. The molecule has 2 aliphatic heterocycles. The number of aromatic hydroxyl groups is 1. The molecule has 4 amide bonds. The number of hydrazine groups is 1. The van der Waals surface area contributed by atoms with E-state index in [1.807, 2.05) is 24.3 Å². The van der Waals surface area contributed by atoms with Crippen molar-refractivity contribution in [3.8, 4) is 5.75 Å². The number of imide groups is 2. The monoisotopic (exact) mass is 793 g/mol. The molecule has 2 aliphatic carbocycles. The van der Waals surface area contributed by atoms with Crippen LogP contribution in [0.3, 0.4) is 0 Å². The van der Waals surface area contributed by atoms with Gasteiger partial charge in [0.2, 0.25) is 11.8 Å². The molecule has 0 bridgehead atoms. The Morgan fingerprint density at radius 3 is 2.09 bits per heavy atom. The van der Waals surface area contributed by atoms with Gasteiger partial charge in [0.15, 0.2) is 5.78 Å². The van der Waals surface area contributed by atoms with Gasteiger partial charge in [-0.1, -0.05) is 77.8 Å². The molecule has 6 atom stereocenters. The van der Waals surface area contributed by atoms with Gasteiger partial charge in [0.1, 0.15) is 11.6 Å². The summed E-state index contributed by atoms with van der Waals surface area (Å²) in [6.07, 6.45) is 2.26. The topological polar surface area (TPSA) is 124 Å². The number of phenols is 1. The van der Waals surface area contributed by atoms with Crippen LogP contribution in [0.15, 0.2) is 127 Å². The number of halogens is 2. The number of nitrogens with one attached hydrogen (secondary N) is 1. The molecule has 2 saturated heterocycles. The van der Waals surface area contributed by atoms with Gasteiger partial charge < -0.3 is 5.11 Å². The summed E-state index contributed by atoms with van der Waals surface area (Å²) in [5.41, 5.74) is 6.09. The molecule has 5 aromatic carbocycles. The second-order valence-electron chi connectivity index (χ2n) is 15.6. The van der Waals surface area contributed by atoms with Gasteiger partial charge in [-0.05, 0) is 116 Å². The molecule has 0 radical (unpaired) electrons. The Morgan fingerprint density at radius 2 is 1.43 bits per heavy atom. The number of carbonyl (C=O) groups is 5. The Morgan fingerprint density at radius 1 is 0.793 bits per heavy atom. The molecule has 58 heavy (non-hydrogen) atoms. The summed E-state index contributed by atoms with van der Waals surface area (Å²) in [5.74, 6) is -6.45. The van der Waals surface area contributed by atoms with Crippen LogP contribution in [0.5, 0.6) is 5.75 Å². The Balaban J connectivity index is 1.17. The number of aryl methyl sites for hydroxylation is 2. The van der Waals surface area contributed by atoms with Gasteiger partial charge in [0.05, 0.1) is 34.5 Å². The van der Waals surface area contributed by atoms with Crippen molar-refractivity contribution in [2.24, 2.45) is 23.7 Å². The largest absolute Gasteiger partial charge is 0.507 e. The van der Waals surface area contributed by atoms with E-state index in [0.717, 1.165) is 10.6 Å². The van der Waals surface area contributed by atoms with E-state index < -0.39 is 58.5 Å². The lowest BCUT2D eigenvalue weighted by Crippen LogP contribution is -2.53. The summed E-state index contributed by atoms with van der Waals surface area (Å²) in [7, 11) is 0. The first-order chi connectivity index (χ1) is 27.9. The summed E-state index contributed by atoms with van der Waals surface area (Å²) in [4.78, 5) is 73.7. The maximum Gasteiger partial charge on any atom is 0.260 e. The second kappa shape index (κ2) is 13.9. The SMILES string of the molecule is Cc1cc([C@H]2C3=CC[C@@H]4C(=O)N(c5ccc(C(=O)c6ccccc6)cc5)C(=O)[C@@H]4[C@@H]3C[C@H]3C(=O)N(Nc4ccc(F)cc4)C(=O)[C@@]23c2ccc(Cl)cc2)cc(C)c1O. The number of ketones is 1. The van der Waals surface area contributed by atoms with E-state index in [9.17, 15) is 28.7 Å². The number of carbonyl (C=O) groups excluding carboxylic acids is 5. The summed E-state index contributed by atoms with van der Waals surface area (Å²) in [6, 6.07) is 31.0. The molecule has 9 rings (SSSR count). The molecule has 9 nitrogen and oxygen atoms in total. The average molecular weight is 794 g/mol. The molecule has 2 heterocycles. The fourth-order valence-electron chi connectivity index (χ4n) is 9.96. The summed E-state index contributed by atoms with van der Waals surface area (Å²) in [5, 5.41) is 12.3. The van der Waals surface area contributed by atoms with Crippen molar-refractivity contribution in [1.82, 2.24) is 5.01 Å². The summed E-state index contributed by atoms with van der Waals surface area (Å²) in [6.45, 7) is 3.53. The molecule has 0 spiro atoms. The molecule has 290 valence electrons. The third-order valence-electron chi connectivity index (χ3n) is 12.5. The number of rotatable bonds is 7. The Hall–Kier alpha value is -6.39. The molecule has 0 unspecified atom stereocenters. The molecule has 4 aliphatic rings. The Kier molecular flexibility index (Phi) is 8.93. The number of phenolic OH excluding ortho intramolecular Hbond substituents is 1. The highest BCUT2D eigenvalue weighted by atomic mass is 35.5. The average Bonchev–Trinajstić information content (AvgIpc) is 3.61. The minimum Gasteiger partial charge on any atom is -0.507 e. The quantitative estimate of drug-likeness (QED) is 0.0967. The van der Waals surface area contributed by atoms with Crippen molar-refractivity contribution in [3.63, 3.8) is 0 Å². The number of nitrogens with zero attached hydrogens (tertiary/aromatic N) is 2. The van der Waals surface area contributed by atoms with E-state index in [0.29, 0.717) is 49.8 Å². The highest BCUT2D eigenvalue weighted by Crippen LogP contribution is 2.64. The van der Waals surface area contributed by atoms with Gasteiger partial charge in [0, 0.05) is 22.1 Å². The fraction of sp³-hybridized carbons (Fsp3) is 0.213. The van der Waals surface area contributed by atoms with Crippen LogP contribution in [-0.2, 0) is 24.6 Å². The van der Waals surface area contributed by atoms with Crippen molar-refractivity contribution in [2.45, 2.75) is 38.0 Å². The number of hydrogen-bond acceptors (Lipinski definition) is 7. The van der Waals surface area contributed by atoms with Crippen molar-refractivity contribution in [1.29, 1.82) is 0 Å². The van der Waals surface area contributed by atoms with E-state index in [4.69, 9.17) is 11.6 Å². The number of hydrogen-bond donors (Lipinski definition) is 2. The molecule has 11 heteroatoms. The van der Waals surface area contributed by atoms with Gasteiger partial charge >= 0.3 is 0 Å². The van der Waals surface area contributed by atoms with Crippen LogP contribution >= 0.6 is 11.6 Å². The van der Waals surface area contributed by atoms with Gasteiger partial charge in [-0.25, -0.2) is 4.39 Å². The molecule has 2 N–H and O–H groups in total. The summed E-state index contributed by atoms with van der Waals surface area (Å²) >= 11 is 6.40. The van der Waals surface area contributed by atoms with Gasteiger partial charge in [-0.15, -0.1) is 0 Å². The van der Waals surface area contributed by atoms with Crippen LogP contribution in [-0.4, -0.2) is 39.5 Å². The van der Waals surface area contributed by atoms with Crippen molar-refractivity contribution < 1.29 is 33.5 Å². The fourth-order valence-corrected chi connectivity index (χ4v) is 10.1. The minimum atomic E-state index is -1.55. The highest BCUT2D eigenvalue weighted by molar-refractivity contribution is 6.30. The van der Waals surface area contributed by atoms with Crippen molar-refractivity contribution >= 4 is 52.4 Å². The third kappa shape index (κ3) is 5.61. The Labute approximate surface area is 338 Å². The van der Waals surface area contributed by atoms with E-state index >= 15 is 4.79 Å². The number of amides is 4. The van der Waals surface area contributed by atoms with Crippen LogP contribution in [0.1, 0.15) is 56.9 Å². The smallest absolute Gasteiger partial charge is 0.260 e. The number of anilines is 2. The lowest BCUT2D eigenvalue weighted by Gasteiger charge is -2.50. The van der Waals surface area contributed by atoms with E-state index in [2.05, 4.69) is 5.43 Å². The predicted molar refractivity (Wildman–Crippen MR) is 215 cm³/mol. The Bertz CT molecular complexity index is 2550. The maximum absolute atomic E-state index is 15.4. The zero-order chi connectivity index (χ0) is 40.6. The third-order valence-corrected chi connectivity index (χ3v) is 12.8. The zero-order valence-corrected chi connectivity index (χ0v) is 32.2. The van der Waals surface area contributed by atoms with Crippen molar-refractivity contribution in [3.05, 3.63) is 171 Å². The normalized spacial score (nSPS) is 25.0. The number of allylic oxidation sites excluding steroid dienone is 2. The van der Waals surface area contributed by atoms with E-state index in [1.165, 1.54) is 29.2 Å². The molecule has 5 aromatic rings. The zero-order valence-electron chi connectivity index (χ0n) is 31.5. The van der Waals surface area contributed by atoms with Gasteiger partial charge in [0.25, 0.3) is 11.8 Å². The van der Waals surface area contributed by atoms with E-state index in [-0.39, 0.29) is 30.3 Å². The van der Waals surface area contributed by atoms with Crippen LogP contribution in [0.25, 0.3) is 0 Å². The van der Waals surface area contributed by atoms with Crippen LogP contribution in [0.2, 0.25) is 5.02 Å². The van der Waals surface area contributed by atoms with E-state index in [1.54, 1.807) is 86.6 Å². The molecule has 3 fully saturated rings. The lowest BCUT2D eigenvalue weighted by atomic mass is 9.49. The highest BCUT2D eigenvalue weighted by Gasteiger charge is 2.70. The lowest BCUT2D eigenvalue weighted by molar-refractivity contribution is -0.138. The molecule has 0 aromatic heterocycles. The first-order valence-corrected chi connectivity index (χ1v) is 19.5. The second-order valence-corrected chi connectivity index (χ2v) is 16.1.